The van der Waals surface area contributed by atoms with E-state index in [0.29, 0.717) is 29.1 Å². The Morgan fingerprint density at radius 1 is 1.20 bits per heavy atom. The van der Waals surface area contributed by atoms with Crippen molar-refractivity contribution in [2.45, 2.75) is 13.8 Å². The van der Waals surface area contributed by atoms with Crippen LogP contribution in [0.4, 0.5) is 0 Å². The van der Waals surface area contributed by atoms with Crippen LogP contribution in [0.3, 0.4) is 0 Å². The first kappa shape index (κ1) is 17.8. The molecule has 7 heteroatoms. The van der Waals surface area contributed by atoms with Crippen LogP contribution in [0.1, 0.15) is 18.3 Å². The first-order chi connectivity index (χ1) is 12.0. The average Bonchev–Trinajstić information content (AvgIpc) is 2.58. The second-order valence-electron chi connectivity index (χ2n) is 5.30. The number of benzene rings is 2. The third-order valence-electron chi connectivity index (χ3n) is 3.55. The highest BCUT2D eigenvalue weighted by atomic mass is 79.9. The summed E-state index contributed by atoms with van der Waals surface area (Å²) >= 11 is 6.82. The maximum absolute atomic E-state index is 12.7. The first-order valence-corrected chi connectivity index (χ1v) is 9.24. The SMILES string of the molecule is CCOc1ccc(Br)cc1C=Nn1c(C)nc2ccc(Br)cc2c1=O. The molecule has 0 amide bonds. The van der Waals surface area contributed by atoms with E-state index in [2.05, 4.69) is 41.9 Å². The smallest absolute Gasteiger partial charge is 0.282 e. The minimum atomic E-state index is -0.215. The lowest BCUT2D eigenvalue weighted by molar-refractivity contribution is 0.339. The third kappa shape index (κ3) is 3.82. The van der Waals surface area contributed by atoms with Gasteiger partial charge < -0.3 is 4.74 Å². The predicted molar refractivity (Wildman–Crippen MR) is 107 cm³/mol. The number of hydrogen-bond donors (Lipinski definition) is 0. The van der Waals surface area contributed by atoms with Crippen molar-refractivity contribution in [2.75, 3.05) is 6.61 Å². The fourth-order valence-electron chi connectivity index (χ4n) is 2.42. The molecule has 0 saturated heterocycles. The molecule has 0 fully saturated rings. The van der Waals surface area contributed by atoms with Gasteiger partial charge in [0.2, 0.25) is 0 Å². The highest BCUT2D eigenvalue weighted by Gasteiger charge is 2.08. The monoisotopic (exact) mass is 463 g/mol. The van der Waals surface area contributed by atoms with Crippen LogP contribution in [0.5, 0.6) is 5.75 Å². The topological polar surface area (TPSA) is 56.5 Å². The second kappa shape index (κ2) is 7.49. The van der Waals surface area contributed by atoms with Crippen molar-refractivity contribution in [3.05, 3.63) is 67.1 Å². The highest BCUT2D eigenvalue weighted by molar-refractivity contribution is 9.10. The highest BCUT2D eigenvalue weighted by Crippen LogP contribution is 2.22. The Morgan fingerprint density at radius 3 is 2.68 bits per heavy atom. The van der Waals surface area contributed by atoms with Gasteiger partial charge in [-0.15, -0.1) is 0 Å². The zero-order chi connectivity index (χ0) is 18.0. The second-order valence-corrected chi connectivity index (χ2v) is 7.13. The van der Waals surface area contributed by atoms with Gasteiger partial charge in [0.15, 0.2) is 0 Å². The molecule has 0 aliphatic carbocycles. The number of aryl methyl sites for hydroxylation is 1. The van der Waals surface area contributed by atoms with Gasteiger partial charge in [-0.2, -0.15) is 9.78 Å². The van der Waals surface area contributed by atoms with Crippen LogP contribution in [-0.4, -0.2) is 22.5 Å². The van der Waals surface area contributed by atoms with Crippen LogP contribution < -0.4 is 10.3 Å². The summed E-state index contributed by atoms with van der Waals surface area (Å²) in [6.07, 6.45) is 1.61. The van der Waals surface area contributed by atoms with Crippen LogP contribution in [0, 0.1) is 6.92 Å². The molecular formula is C18H15Br2N3O2. The average molecular weight is 465 g/mol. The van der Waals surface area contributed by atoms with Gasteiger partial charge in [0, 0.05) is 14.5 Å². The fraction of sp³-hybridized carbons (Fsp3) is 0.167. The Morgan fingerprint density at radius 2 is 1.92 bits per heavy atom. The number of fused-ring (bicyclic) bond motifs is 1. The first-order valence-electron chi connectivity index (χ1n) is 7.65. The van der Waals surface area contributed by atoms with E-state index in [0.717, 1.165) is 14.5 Å². The number of ether oxygens (including phenoxy) is 1. The van der Waals surface area contributed by atoms with Gasteiger partial charge in [-0.3, -0.25) is 4.79 Å². The van der Waals surface area contributed by atoms with Gasteiger partial charge in [0.05, 0.1) is 23.7 Å². The number of aromatic nitrogens is 2. The lowest BCUT2D eigenvalue weighted by Gasteiger charge is -2.08. The zero-order valence-electron chi connectivity index (χ0n) is 13.7. The molecule has 128 valence electrons. The van der Waals surface area contributed by atoms with E-state index in [-0.39, 0.29) is 5.56 Å². The van der Waals surface area contributed by atoms with Crippen LogP contribution in [0.2, 0.25) is 0 Å². The van der Waals surface area contributed by atoms with Crippen molar-refractivity contribution < 1.29 is 4.74 Å². The molecule has 5 nitrogen and oxygen atoms in total. The van der Waals surface area contributed by atoms with Crippen molar-refractivity contribution in [1.82, 2.24) is 9.66 Å². The van der Waals surface area contributed by atoms with Gasteiger partial charge in [-0.05, 0) is 50.2 Å². The van der Waals surface area contributed by atoms with Crippen molar-refractivity contribution in [2.24, 2.45) is 5.10 Å². The molecule has 0 radical (unpaired) electrons. The van der Waals surface area contributed by atoms with E-state index in [1.165, 1.54) is 4.68 Å². The largest absolute Gasteiger partial charge is 0.493 e. The molecule has 25 heavy (non-hydrogen) atoms. The number of halogens is 2. The summed E-state index contributed by atoms with van der Waals surface area (Å²) in [5.41, 5.74) is 1.21. The summed E-state index contributed by atoms with van der Waals surface area (Å²) in [6, 6.07) is 11.1. The summed E-state index contributed by atoms with van der Waals surface area (Å²) in [6.45, 7) is 4.22. The molecule has 0 saturated carbocycles. The van der Waals surface area contributed by atoms with E-state index in [4.69, 9.17) is 4.74 Å². The maximum Gasteiger partial charge on any atom is 0.282 e. The number of nitrogens with zero attached hydrogens (tertiary/aromatic N) is 3. The van der Waals surface area contributed by atoms with Crippen LogP contribution in [0.25, 0.3) is 10.9 Å². The quantitative estimate of drug-likeness (QED) is 0.533. The minimum Gasteiger partial charge on any atom is -0.493 e. The minimum absolute atomic E-state index is 0.215. The molecule has 0 aliphatic heterocycles. The standard InChI is InChI=1S/C18H15Br2N3O2/c1-3-25-17-7-5-13(19)8-12(17)10-21-23-11(2)22-16-6-4-14(20)9-15(16)18(23)24/h4-10H,3H2,1-2H3. The fourth-order valence-corrected chi connectivity index (χ4v) is 3.16. The van der Waals surface area contributed by atoms with Gasteiger partial charge >= 0.3 is 0 Å². The molecule has 1 aromatic heterocycles. The van der Waals surface area contributed by atoms with Crippen LogP contribution >= 0.6 is 31.9 Å². The summed E-state index contributed by atoms with van der Waals surface area (Å²) in [4.78, 5) is 17.2. The van der Waals surface area contributed by atoms with E-state index >= 15 is 0 Å². The van der Waals surface area contributed by atoms with Gasteiger partial charge in [0.25, 0.3) is 5.56 Å². The van der Waals surface area contributed by atoms with Crippen molar-refractivity contribution >= 4 is 49.0 Å². The normalized spacial score (nSPS) is 11.4. The van der Waals surface area contributed by atoms with E-state index in [1.807, 2.05) is 37.3 Å². The van der Waals surface area contributed by atoms with E-state index < -0.39 is 0 Å². The molecule has 0 bridgehead atoms. The third-order valence-corrected chi connectivity index (χ3v) is 4.54. The van der Waals surface area contributed by atoms with E-state index in [1.54, 1.807) is 19.2 Å². The number of rotatable bonds is 4. The molecule has 3 rings (SSSR count). The van der Waals surface area contributed by atoms with Crippen molar-refractivity contribution in [3.63, 3.8) is 0 Å². The molecule has 0 N–H and O–H groups in total. The lowest BCUT2D eigenvalue weighted by Crippen LogP contribution is -2.20. The Bertz CT molecular complexity index is 1030. The van der Waals surface area contributed by atoms with Crippen LogP contribution in [-0.2, 0) is 0 Å². The molecule has 1 heterocycles. The Labute approximate surface area is 161 Å². The summed E-state index contributed by atoms with van der Waals surface area (Å²) < 4.78 is 8.63. The van der Waals surface area contributed by atoms with Crippen molar-refractivity contribution in [3.8, 4) is 5.75 Å². The Kier molecular flexibility index (Phi) is 5.34. The molecule has 3 aromatic rings. The zero-order valence-corrected chi connectivity index (χ0v) is 16.8. The predicted octanol–water partition coefficient (Wildman–Crippen LogP) is 4.51. The molecule has 2 aromatic carbocycles. The molecule has 0 atom stereocenters. The van der Waals surface area contributed by atoms with Gasteiger partial charge in [0.1, 0.15) is 11.6 Å². The van der Waals surface area contributed by atoms with Gasteiger partial charge in [-0.25, -0.2) is 4.98 Å². The lowest BCUT2D eigenvalue weighted by atomic mass is 10.2. The Balaban J connectivity index is 2.11. The molecule has 0 aliphatic rings. The summed E-state index contributed by atoms with van der Waals surface area (Å²) in [5, 5.41) is 4.85. The van der Waals surface area contributed by atoms with Gasteiger partial charge in [-0.1, -0.05) is 31.9 Å². The Hall–Kier alpha value is -1.99. The molecule has 0 spiro atoms. The van der Waals surface area contributed by atoms with Crippen LogP contribution in [0.15, 0.2) is 55.2 Å². The summed E-state index contributed by atoms with van der Waals surface area (Å²) in [7, 11) is 0. The molecular weight excluding hydrogens is 450 g/mol. The number of hydrogen-bond acceptors (Lipinski definition) is 4. The van der Waals surface area contributed by atoms with E-state index in [9.17, 15) is 4.79 Å². The maximum atomic E-state index is 12.7. The van der Waals surface area contributed by atoms with Crippen molar-refractivity contribution in [1.29, 1.82) is 0 Å². The summed E-state index contributed by atoms with van der Waals surface area (Å²) in [5.74, 6) is 1.22. The molecule has 0 unspecified atom stereocenters.